The molecule has 0 aliphatic carbocycles. The van der Waals surface area contributed by atoms with Crippen LogP contribution in [-0.4, -0.2) is 50.3 Å². The van der Waals surface area contributed by atoms with Crippen molar-refractivity contribution in [2.75, 3.05) is 38.2 Å². The normalized spacial score (nSPS) is 15.3. The first-order valence-electron chi connectivity index (χ1n) is 10.5. The monoisotopic (exact) mass is 395 g/mol. The van der Waals surface area contributed by atoms with Crippen molar-refractivity contribution in [2.24, 2.45) is 4.99 Å². The number of ether oxygens (including phenoxy) is 1. The van der Waals surface area contributed by atoms with Gasteiger partial charge in [0, 0.05) is 38.4 Å². The van der Waals surface area contributed by atoms with E-state index in [4.69, 9.17) is 9.73 Å². The highest BCUT2D eigenvalue weighted by atomic mass is 16.5. The van der Waals surface area contributed by atoms with Gasteiger partial charge in [0.2, 0.25) is 0 Å². The number of aromatic nitrogens is 1. The van der Waals surface area contributed by atoms with Crippen LogP contribution in [0.25, 0.3) is 0 Å². The van der Waals surface area contributed by atoms with Gasteiger partial charge in [-0.15, -0.1) is 0 Å². The van der Waals surface area contributed by atoms with Crippen molar-refractivity contribution in [3.05, 3.63) is 53.7 Å². The van der Waals surface area contributed by atoms with Crippen molar-refractivity contribution in [3.63, 3.8) is 0 Å². The van der Waals surface area contributed by atoms with Gasteiger partial charge in [-0.2, -0.15) is 0 Å². The fraction of sp³-hybridized carbons (Fsp3) is 0.478. The SMILES string of the molecule is CCNC(=NCCc1ccc(C)c(OC)c1)NC1CCN(c2ccccn2)CC1. The Balaban J connectivity index is 1.51. The predicted molar refractivity (Wildman–Crippen MR) is 120 cm³/mol. The van der Waals surface area contributed by atoms with Gasteiger partial charge in [-0.25, -0.2) is 4.98 Å². The van der Waals surface area contributed by atoms with Gasteiger partial charge in [-0.05, 0) is 62.4 Å². The second kappa shape index (κ2) is 10.7. The van der Waals surface area contributed by atoms with E-state index in [2.05, 4.69) is 58.6 Å². The highest BCUT2D eigenvalue weighted by Crippen LogP contribution is 2.19. The van der Waals surface area contributed by atoms with Crippen molar-refractivity contribution in [1.82, 2.24) is 15.6 Å². The Hall–Kier alpha value is -2.76. The molecule has 0 unspecified atom stereocenters. The summed E-state index contributed by atoms with van der Waals surface area (Å²) in [6.45, 7) is 7.79. The highest BCUT2D eigenvalue weighted by molar-refractivity contribution is 5.80. The Morgan fingerprint density at radius 3 is 2.76 bits per heavy atom. The number of hydrogen-bond acceptors (Lipinski definition) is 4. The zero-order valence-corrected chi connectivity index (χ0v) is 17.8. The summed E-state index contributed by atoms with van der Waals surface area (Å²) < 4.78 is 5.42. The maximum atomic E-state index is 5.42. The summed E-state index contributed by atoms with van der Waals surface area (Å²) in [7, 11) is 1.72. The third-order valence-electron chi connectivity index (χ3n) is 5.30. The summed E-state index contributed by atoms with van der Waals surface area (Å²) in [4.78, 5) is 11.6. The van der Waals surface area contributed by atoms with Crippen molar-refractivity contribution >= 4 is 11.8 Å². The Kier molecular flexibility index (Phi) is 7.73. The van der Waals surface area contributed by atoms with Gasteiger partial charge in [-0.1, -0.05) is 18.2 Å². The Labute approximate surface area is 174 Å². The number of piperidine rings is 1. The molecular formula is C23H33N5O. The van der Waals surface area contributed by atoms with E-state index in [1.807, 2.05) is 18.3 Å². The largest absolute Gasteiger partial charge is 0.496 e. The quantitative estimate of drug-likeness (QED) is 0.557. The van der Waals surface area contributed by atoms with Gasteiger partial charge in [-0.3, -0.25) is 4.99 Å². The first-order chi connectivity index (χ1) is 14.2. The number of hydrogen-bond donors (Lipinski definition) is 2. The molecule has 1 aliphatic rings. The Morgan fingerprint density at radius 2 is 2.07 bits per heavy atom. The number of guanidine groups is 1. The van der Waals surface area contributed by atoms with Crippen LogP contribution in [0.3, 0.4) is 0 Å². The molecule has 2 N–H and O–H groups in total. The van der Waals surface area contributed by atoms with Crippen molar-refractivity contribution < 1.29 is 4.74 Å². The topological polar surface area (TPSA) is 61.8 Å². The van der Waals surface area contributed by atoms with Gasteiger partial charge >= 0.3 is 0 Å². The molecule has 1 saturated heterocycles. The summed E-state index contributed by atoms with van der Waals surface area (Å²) in [5.74, 6) is 2.92. The van der Waals surface area contributed by atoms with E-state index in [-0.39, 0.29) is 0 Å². The lowest BCUT2D eigenvalue weighted by atomic mass is 10.1. The first kappa shape index (κ1) is 21.0. The van der Waals surface area contributed by atoms with Gasteiger partial charge in [0.15, 0.2) is 5.96 Å². The van der Waals surface area contributed by atoms with Crippen LogP contribution in [0.1, 0.15) is 30.9 Å². The Bertz CT molecular complexity index is 785. The summed E-state index contributed by atoms with van der Waals surface area (Å²) >= 11 is 0. The van der Waals surface area contributed by atoms with Crippen LogP contribution < -0.4 is 20.3 Å². The average molecular weight is 396 g/mol. The molecule has 0 amide bonds. The zero-order chi connectivity index (χ0) is 20.5. The summed E-state index contributed by atoms with van der Waals surface area (Å²) in [5.41, 5.74) is 2.41. The molecule has 0 saturated carbocycles. The molecule has 2 heterocycles. The molecule has 6 nitrogen and oxygen atoms in total. The molecule has 1 aromatic carbocycles. The molecular weight excluding hydrogens is 362 g/mol. The van der Waals surface area contributed by atoms with Crippen LogP contribution in [0, 0.1) is 6.92 Å². The number of rotatable bonds is 7. The minimum atomic E-state index is 0.437. The van der Waals surface area contributed by atoms with Crippen molar-refractivity contribution in [3.8, 4) is 5.75 Å². The van der Waals surface area contributed by atoms with Crippen LogP contribution in [0.5, 0.6) is 5.75 Å². The molecule has 3 rings (SSSR count). The fourth-order valence-corrected chi connectivity index (χ4v) is 3.62. The first-order valence-corrected chi connectivity index (χ1v) is 10.5. The van der Waals surface area contributed by atoms with Gasteiger partial charge in [0.05, 0.1) is 7.11 Å². The summed E-state index contributed by atoms with van der Waals surface area (Å²) in [5, 5.41) is 6.99. The summed E-state index contributed by atoms with van der Waals surface area (Å²) in [6.07, 6.45) is 4.91. The minimum Gasteiger partial charge on any atom is -0.496 e. The number of aryl methyl sites for hydroxylation is 1. The van der Waals surface area contributed by atoms with Crippen LogP contribution in [0.4, 0.5) is 5.82 Å². The van der Waals surface area contributed by atoms with Crippen molar-refractivity contribution in [2.45, 2.75) is 39.2 Å². The van der Waals surface area contributed by atoms with E-state index in [1.54, 1.807) is 7.11 Å². The number of nitrogens with zero attached hydrogens (tertiary/aromatic N) is 3. The molecule has 0 spiro atoms. The number of methoxy groups -OCH3 is 1. The molecule has 1 aromatic heterocycles. The predicted octanol–water partition coefficient (Wildman–Crippen LogP) is 3.17. The smallest absolute Gasteiger partial charge is 0.191 e. The van der Waals surface area contributed by atoms with E-state index in [0.29, 0.717) is 6.04 Å². The summed E-state index contributed by atoms with van der Waals surface area (Å²) in [6, 6.07) is 12.9. The maximum Gasteiger partial charge on any atom is 0.191 e. The molecule has 1 aliphatic heterocycles. The van der Waals surface area contributed by atoms with Crippen LogP contribution in [-0.2, 0) is 6.42 Å². The van der Waals surface area contributed by atoms with E-state index in [0.717, 1.165) is 68.5 Å². The third kappa shape index (κ3) is 6.11. The van der Waals surface area contributed by atoms with E-state index >= 15 is 0 Å². The second-order valence-corrected chi connectivity index (χ2v) is 7.41. The Morgan fingerprint density at radius 1 is 1.24 bits per heavy atom. The number of aliphatic imine (C=N–C) groups is 1. The van der Waals surface area contributed by atoms with Crippen molar-refractivity contribution in [1.29, 1.82) is 0 Å². The van der Waals surface area contributed by atoms with Gasteiger partial charge < -0.3 is 20.3 Å². The van der Waals surface area contributed by atoms with E-state index in [9.17, 15) is 0 Å². The number of anilines is 1. The van der Waals surface area contributed by atoms with Crippen LogP contribution >= 0.6 is 0 Å². The van der Waals surface area contributed by atoms with E-state index < -0.39 is 0 Å². The van der Waals surface area contributed by atoms with Crippen LogP contribution in [0.15, 0.2) is 47.6 Å². The number of nitrogens with one attached hydrogen (secondary N) is 2. The molecule has 29 heavy (non-hydrogen) atoms. The number of pyridine rings is 1. The lowest BCUT2D eigenvalue weighted by molar-refractivity contribution is 0.411. The van der Waals surface area contributed by atoms with E-state index in [1.165, 1.54) is 5.56 Å². The number of benzene rings is 1. The lowest BCUT2D eigenvalue weighted by Crippen LogP contribution is -2.49. The molecule has 1 fully saturated rings. The second-order valence-electron chi connectivity index (χ2n) is 7.41. The van der Waals surface area contributed by atoms with Crippen LogP contribution in [0.2, 0.25) is 0 Å². The minimum absolute atomic E-state index is 0.437. The third-order valence-corrected chi connectivity index (χ3v) is 5.30. The van der Waals surface area contributed by atoms with Gasteiger partial charge in [0.1, 0.15) is 11.6 Å². The highest BCUT2D eigenvalue weighted by Gasteiger charge is 2.20. The fourth-order valence-electron chi connectivity index (χ4n) is 3.62. The standard InChI is InChI=1S/C23H33N5O/c1-4-24-23(26-14-10-19-9-8-18(2)21(17-19)29-3)27-20-11-15-28(16-12-20)22-7-5-6-13-25-22/h5-9,13,17,20H,4,10-12,14-16H2,1-3H3,(H2,24,26,27). The molecule has 156 valence electrons. The molecule has 0 radical (unpaired) electrons. The molecule has 6 heteroatoms. The zero-order valence-electron chi connectivity index (χ0n) is 17.8. The molecule has 2 aromatic rings. The molecule has 0 bridgehead atoms. The van der Waals surface area contributed by atoms with Gasteiger partial charge in [0.25, 0.3) is 0 Å². The molecule has 0 atom stereocenters. The average Bonchev–Trinajstić information content (AvgIpc) is 2.76. The maximum absolute atomic E-state index is 5.42. The lowest BCUT2D eigenvalue weighted by Gasteiger charge is -2.33.